The van der Waals surface area contributed by atoms with Gasteiger partial charge in [-0.3, -0.25) is 10.1 Å². The normalized spacial score (nSPS) is 10.5. The van der Waals surface area contributed by atoms with Gasteiger partial charge in [0.1, 0.15) is 5.75 Å². The van der Waals surface area contributed by atoms with Gasteiger partial charge in [-0.25, -0.2) is 0 Å². The largest absolute Gasteiger partial charge is 0.453 e. The summed E-state index contributed by atoms with van der Waals surface area (Å²) in [6.07, 6.45) is 0. The summed E-state index contributed by atoms with van der Waals surface area (Å²) in [4.78, 5) is 10.3. The van der Waals surface area contributed by atoms with Gasteiger partial charge in [0.25, 0.3) is 5.69 Å². The molecule has 0 atom stereocenters. The molecular formula is C19H17ClN4O3. The fourth-order valence-electron chi connectivity index (χ4n) is 2.74. The number of hydrogen-bond acceptors (Lipinski definition) is 6. The lowest BCUT2D eigenvalue weighted by molar-refractivity contribution is -0.384. The molecule has 0 amide bonds. The van der Waals surface area contributed by atoms with E-state index in [0.717, 1.165) is 22.4 Å². The number of aromatic nitrogens is 2. The fraction of sp³-hybridized carbons (Fsp3) is 0.158. The number of aryl methyl sites for hydroxylation is 3. The molecule has 2 aromatic carbocycles. The van der Waals surface area contributed by atoms with Gasteiger partial charge in [0, 0.05) is 23.9 Å². The van der Waals surface area contributed by atoms with Gasteiger partial charge < -0.3 is 10.1 Å². The minimum atomic E-state index is -0.454. The molecule has 8 heteroatoms. The molecule has 0 saturated carbocycles. The second kappa shape index (κ2) is 7.59. The first kappa shape index (κ1) is 18.6. The first-order valence-electron chi connectivity index (χ1n) is 8.14. The number of rotatable bonds is 5. The number of nitrogens with one attached hydrogen (secondary N) is 1. The van der Waals surface area contributed by atoms with Crippen molar-refractivity contribution in [3.8, 4) is 11.5 Å². The van der Waals surface area contributed by atoms with Crippen LogP contribution in [-0.2, 0) is 0 Å². The van der Waals surface area contributed by atoms with Crippen molar-refractivity contribution in [2.45, 2.75) is 20.8 Å². The third kappa shape index (κ3) is 4.32. The molecule has 0 aliphatic rings. The van der Waals surface area contributed by atoms with E-state index in [2.05, 4.69) is 15.5 Å². The van der Waals surface area contributed by atoms with Crippen LogP contribution < -0.4 is 10.1 Å². The summed E-state index contributed by atoms with van der Waals surface area (Å²) in [6.45, 7) is 5.96. The predicted octanol–water partition coefficient (Wildman–Crippen LogP) is 5.50. The summed E-state index contributed by atoms with van der Waals surface area (Å²) in [5.74, 6) is 1.49. The van der Waals surface area contributed by atoms with Crippen LogP contribution in [0, 0.1) is 30.9 Å². The quantitative estimate of drug-likeness (QED) is 0.461. The molecule has 0 saturated heterocycles. The van der Waals surface area contributed by atoms with E-state index in [1.54, 1.807) is 18.2 Å². The lowest BCUT2D eigenvalue weighted by Crippen LogP contribution is -1.99. The molecule has 0 bridgehead atoms. The summed E-state index contributed by atoms with van der Waals surface area (Å²) >= 11 is 6.14. The summed E-state index contributed by atoms with van der Waals surface area (Å²) in [6, 6.07) is 11.7. The first-order valence-corrected chi connectivity index (χ1v) is 8.51. The van der Waals surface area contributed by atoms with E-state index in [1.807, 2.05) is 32.9 Å². The Hall–Kier alpha value is -3.19. The number of benzene rings is 2. The molecule has 138 valence electrons. The molecular weight excluding hydrogens is 368 g/mol. The molecule has 0 spiro atoms. The van der Waals surface area contributed by atoms with Crippen molar-refractivity contribution in [1.29, 1.82) is 0 Å². The van der Waals surface area contributed by atoms with Crippen LogP contribution >= 0.6 is 11.6 Å². The number of non-ortho nitro benzene ring substituents is 1. The van der Waals surface area contributed by atoms with Crippen molar-refractivity contribution >= 4 is 28.8 Å². The molecule has 3 aromatic rings. The lowest BCUT2D eigenvalue weighted by atomic mass is 10.1. The van der Waals surface area contributed by atoms with Crippen LogP contribution in [0.1, 0.15) is 16.7 Å². The monoisotopic (exact) mass is 384 g/mol. The Labute approximate surface area is 161 Å². The molecule has 0 unspecified atom stereocenters. The van der Waals surface area contributed by atoms with Gasteiger partial charge in [0.2, 0.25) is 0 Å². The van der Waals surface area contributed by atoms with Crippen LogP contribution in [0.25, 0.3) is 0 Å². The lowest BCUT2D eigenvalue weighted by Gasteiger charge is -2.14. The maximum absolute atomic E-state index is 10.7. The number of halogens is 1. The zero-order valence-corrected chi connectivity index (χ0v) is 15.7. The average molecular weight is 385 g/mol. The van der Waals surface area contributed by atoms with Crippen molar-refractivity contribution in [1.82, 2.24) is 10.2 Å². The number of nitro benzene ring substituents is 1. The molecule has 27 heavy (non-hydrogen) atoms. The van der Waals surface area contributed by atoms with Gasteiger partial charge in [-0.2, -0.15) is 0 Å². The van der Waals surface area contributed by atoms with Crippen molar-refractivity contribution in [2.75, 3.05) is 5.32 Å². The third-order valence-electron chi connectivity index (χ3n) is 3.88. The van der Waals surface area contributed by atoms with E-state index in [-0.39, 0.29) is 10.8 Å². The Morgan fingerprint density at radius 3 is 2.26 bits per heavy atom. The van der Waals surface area contributed by atoms with Crippen LogP contribution in [0.3, 0.4) is 0 Å². The van der Waals surface area contributed by atoms with Gasteiger partial charge in [0.15, 0.2) is 16.7 Å². The highest BCUT2D eigenvalue weighted by Crippen LogP contribution is 2.34. The van der Waals surface area contributed by atoms with Crippen molar-refractivity contribution < 1.29 is 9.66 Å². The van der Waals surface area contributed by atoms with Crippen LogP contribution in [0.15, 0.2) is 42.5 Å². The number of nitro groups is 1. The second-order valence-corrected chi connectivity index (χ2v) is 6.50. The molecule has 1 heterocycles. The molecule has 0 aliphatic heterocycles. The van der Waals surface area contributed by atoms with Crippen molar-refractivity contribution in [2.24, 2.45) is 0 Å². The van der Waals surface area contributed by atoms with Crippen molar-refractivity contribution in [3.63, 3.8) is 0 Å². The van der Waals surface area contributed by atoms with Gasteiger partial charge >= 0.3 is 0 Å². The summed E-state index contributed by atoms with van der Waals surface area (Å²) in [5.41, 5.74) is 3.77. The predicted molar refractivity (Wildman–Crippen MR) is 104 cm³/mol. The van der Waals surface area contributed by atoms with Crippen LogP contribution in [0.2, 0.25) is 5.15 Å². The number of nitrogens with zero attached hydrogens (tertiary/aromatic N) is 3. The molecule has 0 aliphatic carbocycles. The first-order chi connectivity index (χ1) is 12.8. The molecule has 3 rings (SSSR count). The molecule has 1 N–H and O–H groups in total. The van der Waals surface area contributed by atoms with E-state index in [4.69, 9.17) is 16.3 Å². The molecule has 1 aromatic heterocycles. The molecule has 7 nitrogen and oxygen atoms in total. The van der Waals surface area contributed by atoms with E-state index in [0.29, 0.717) is 17.3 Å². The summed E-state index contributed by atoms with van der Waals surface area (Å²) in [5, 5.41) is 21.8. The highest BCUT2D eigenvalue weighted by molar-refractivity contribution is 6.30. The molecule has 0 radical (unpaired) electrons. The summed E-state index contributed by atoms with van der Waals surface area (Å²) in [7, 11) is 0. The van der Waals surface area contributed by atoms with Crippen LogP contribution in [0.4, 0.5) is 17.2 Å². The Morgan fingerprint density at radius 1 is 1.04 bits per heavy atom. The Balaban J connectivity index is 1.85. The standard InChI is InChI=1S/C19H17ClN4O3/c1-11-8-12(2)18(13(3)9-11)27-16-10-17(22-23-19(16)20)21-14-4-6-15(7-5-14)24(25)26/h4-10H,1-3H3,(H,21,22). The van der Waals surface area contributed by atoms with E-state index >= 15 is 0 Å². The number of hydrogen-bond donors (Lipinski definition) is 1. The minimum absolute atomic E-state index is 0.0112. The fourth-order valence-corrected chi connectivity index (χ4v) is 2.88. The van der Waals surface area contributed by atoms with Gasteiger partial charge in [0.05, 0.1) is 4.92 Å². The Kier molecular flexibility index (Phi) is 5.23. The number of anilines is 2. The van der Waals surface area contributed by atoms with E-state index < -0.39 is 4.92 Å². The highest BCUT2D eigenvalue weighted by Gasteiger charge is 2.12. The zero-order valence-electron chi connectivity index (χ0n) is 15.0. The van der Waals surface area contributed by atoms with Crippen LogP contribution in [0.5, 0.6) is 11.5 Å². The van der Waals surface area contributed by atoms with E-state index in [9.17, 15) is 10.1 Å². The maximum Gasteiger partial charge on any atom is 0.269 e. The SMILES string of the molecule is Cc1cc(C)c(Oc2cc(Nc3ccc([N+](=O)[O-])cc3)nnc2Cl)c(C)c1. The van der Waals surface area contributed by atoms with Gasteiger partial charge in [-0.1, -0.05) is 29.3 Å². The van der Waals surface area contributed by atoms with Crippen LogP contribution in [-0.4, -0.2) is 15.1 Å². The average Bonchev–Trinajstić information content (AvgIpc) is 2.61. The molecule has 0 fully saturated rings. The second-order valence-electron chi connectivity index (χ2n) is 6.14. The Morgan fingerprint density at radius 2 is 1.67 bits per heavy atom. The minimum Gasteiger partial charge on any atom is -0.453 e. The third-order valence-corrected chi connectivity index (χ3v) is 4.15. The van der Waals surface area contributed by atoms with Crippen molar-refractivity contribution in [3.05, 3.63) is 74.4 Å². The zero-order chi connectivity index (χ0) is 19.6. The smallest absolute Gasteiger partial charge is 0.269 e. The maximum atomic E-state index is 10.7. The van der Waals surface area contributed by atoms with E-state index in [1.165, 1.54) is 12.1 Å². The Bertz CT molecular complexity index is 983. The highest BCUT2D eigenvalue weighted by atomic mass is 35.5. The van der Waals surface area contributed by atoms with Gasteiger partial charge in [-0.15, -0.1) is 10.2 Å². The summed E-state index contributed by atoms with van der Waals surface area (Å²) < 4.78 is 5.99. The number of ether oxygens (including phenoxy) is 1. The van der Waals surface area contributed by atoms with Gasteiger partial charge in [-0.05, 0) is 44.0 Å². The topological polar surface area (TPSA) is 90.2 Å².